The molecule has 1 aromatic heterocycles. The van der Waals surface area contributed by atoms with Crippen LogP contribution in [0.3, 0.4) is 0 Å². The molecule has 1 N–H and O–H groups in total. The Morgan fingerprint density at radius 2 is 1.43 bits per heavy atom. The predicted molar refractivity (Wildman–Crippen MR) is 86.8 cm³/mol. The van der Waals surface area contributed by atoms with Crippen molar-refractivity contribution in [2.75, 3.05) is 0 Å². The van der Waals surface area contributed by atoms with Crippen molar-refractivity contribution in [1.82, 2.24) is 4.57 Å². The molecule has 0 unspecified atom stereocenters. The van der Waals surface area contributed by atoms with Gasteiger partial charge in [-0.25, -0.2) is 4.79 Å². The summed E-state index contributed by atoms with van der Waals surface area (Å²) in [4.78, 5) is 23.9. The van der Waals surface area contributed by atoms with Crippen molar-refractivity contribution in [3.8, 4) is 11.1 Å². The molecule has 4 nitrogen and oxygen atoms in total. The minimum Gasteiger partial charge on any atom is -0.477 e. The van der Waals surface area contributed by atoms with Crippen LogP contribution in [0.2, 0.25) is 0 Å². The number of aromatic nitrogens is 1. The summed E-state index contributed by atoms with van der Waals surface area (Å²) in [7, 11) is 0. The molecule has 0 spiro atoms. The Kier molecular flexibility index (Phi) is 2.91. The van der Waals surface area contributed by atoms with Crippen molar-refractivity contribution < 1.29 is 9.90 Å². The molecule has 1 aliphatic carbocycles. The molecular formula is C19H13NO3. The fourth-order valence-corrected chi connectivity index (χ4v) is 3.30. The normalized spacial score (nSPS) is 12.7. The van der Waals surface area contributed by atoms with E-state index in [4.69, 9.17) is 0 Å². The fraction of sp³-hybridized carbons (Fsp3) is 0.0526. The molecule has 0 saturated heterocycles. The van der Waals surface area contributed by atoms with E-state index in [0.717, 1.165) is 22.3 Å². The summed E-state index contributed by atoms with van der Waals surface area (Å²) in [5.41, 5.74) is 3.49. The molecule has 0 aliphatic heterocycles. The van der Waals surface area contributed by atoms with E-state index < -0.39 is 11.5 Å². The van der Waals surface area contributed by atoms with Crippen LogP contribution in [0.1, 0.15) is 27.5 Å². The highest BCUT2D eigenvalue weighted by molar-refractivity contribution is 5.87. The summed E-state index contributed by atoms with van der Waals surface area (Å²) < 4.78 is 1.51. The summed E-state index contributed by atoms with van der Waals surface area (Å²) in [5.74, 6) is -1.20. The lowest BCUT2D eigenvalue weighted by molar-refractivity contribution is 0.0694. The quantitative estimate of drug-likeness (QED) is 0.619. The molecule has 1 heterocycles. The lowest BCUT2D eigenvalue weighted by Crippen LogP contribution is -2.29. The number of carboxylic acid groups (broad SMARTS) is 1. The van der Waals surface area contributed by atoms with Crippen molar-refractivity contribution in [2.24, 2.45) is 0 Å². The van der Waals surface area contributed by atoms with E-state index in [1.54, 1.807) is 12.3 Å². The number of hydrogen-bond acceptors (Lipinski definition) is 2. The summed E-state index contributed by atoms with van der Waals surface area (Å²) in [6.45, 7) is 0. The van der Waals surface area contributed by atoms with Gasteiger partial charge >= 0.3 is 5.97 Å². The third-order valence-corrected chi connectivity index (χ3v) is 4.28. The first kappa shape index (κ1) is 13.5. The molecule has 1 aliphatic rings. The molecule has 0 atom stereocenters. The van der Waals surface area contributed by atoms with Gasteiger partial charge in [-0.05, 0) is 34.4 Å². The molecule has 0 radical (unpaired) electrons. The maximum atomic E-state index is 12.6. The zero-order valence-corrected chi connectivity index (χ0v) is 12.1. The number of benzene rings is 2. The molecule has 23 heavy (non-hydrogen) atoms. The van der Waals surface area contributed by atoms with Gasteiger partial charge in [0.1, 0.15) is 5.56 Å². The molecule has 0 bridgehead atoms. The van der Waals surface area contributed by atoms with Gasteiger partial charge in [-0.2, -0.15) is 0 Å². The molecule has 4 heteroatoms. The van der Waals surface area contributed by atoms with Crippen LogP contribution >= 0.6 is 0 Å². The number of rotatable bonds is 2. The van der Waals surface area contributed by atoms with Crippen LogP contribution in [0, 0.1) is 0 Å². The van der Waals surface area contributed by atoms with E-state index in [1.165, 1.54) is 10.6 Å². The predicted octanol–water partition coefficient (Wildman–Crippen LogP) is 3.16. The zero-order chi connectivity index (χ0) is 16.0. The van der Waals surface area contributed by atoms with Gasteiger partial charge in [0.25, 0.3) is 5.56 Å². The van der Waals surface area contributed by atoms with Crippen molar-refractivity contribution in [3.63, 3.8) is 0 Å². The largest absolute Gasteiger partial charge is 0.477 e. The average molecular weight is 303 g/mol. The van der Waals surface area contributed by atoms with Crippen LogP contribution in [-0.4, -0.2) is 15.6 Å². The smallest absolute Gasteiger partial charge is 0.341 e. The number of hydrogen-bond donors (Lipinski definition) is 1. The Morgan fingerprint density at radius 1 is 0.870 bits per heavy atom. The average Bonchev–Trinajstić information content (AvgIpc) is 2.89. The van der Waals surface area contributed by atoms with Crippen LogP contribution in [-0.2, 0) is 0 Å². The van der Waals surface area contributed by atoms with Crippen molar-refractivity contribution in [3.05, 3.63) is 93.9 Å². The Balaban J connectivity index is 2.02. The van der Waals surface area contributed by atoms with Crippen molar-refractivity contribution in [2.45, 2.75) is 6.04 Å². The standard InChI is InChI=1S/C19H13NO3/c21-18-16(19(22)23)10-5-11-20(18)17-14-8-3-1-6-12(14)13-7-2-4-9-15(13)17/h1-11,17H,(H,22,23). The van der Waals surface area contributed by atoms with E-state index in [1.807, 2.05) is 48.5 Å². The van der Waals surface area contributed by atoms with Gasteiger partial charge in [-0.1, -0.05) is 48.5 Å². The lowest BCUT2D eigenvalue weighted by Gasteiger charge is -2.17. The van der Waals surface area contributed by atoms with E-state index in [-0.39, 0.29) is 11.6 Å². The Labute approximate surface area is 132 Å². The van der Waals surface area contributed by atoms with Crippen molar-refractivity contribution >= 4 is 5.97 Å². The SMILES string of the molecule is O=C(O)c1cccn(C2c3ccccc3-c3ccccc32)c1=O. The van der Waals surface area contributed by atoms with Gasteiger partial charge in [-0.15, -0.1) is 0 Å². The first-order valence-electron chi connectivity index (χ1n) is 7.31. The Hall–Kier alpha value is -3.14. The Bertz CT molecular complexity index is 942. The number of pyridine rings is 1. The van der Waals surface area contributed by atoms with Crippen molar-refractivity contribution in [1.29, 1.82) is 0 Å². The highest BCUT2D eigenvalue weighted by atomic mass is 16.4. The highest BCUT2D eigenvalue weighted by Gasteiger charge is 2.30. The summed E-state index contributed by atoms with van der Waals surface area (Å²) in [5, 5.41) is 9.21. The van der Waals surface area contributed by atoms with Crippen LogP contribution in [0.15, 0.2) is 71.7 Å². The second-order valence-electron chi connectivity index (χ2n) is 5.52. The lowest BCUT2D eigenvalue weighted by atomic mass is 10.0. The second-order valence-corrected chi connectivity index (χ2v) is 5.52. The first-order chi connectivity index (χ1) is 11.2. The first-order valence-corrected chi connectivity index (χ1v) is 7.31. The highest BCUT2D eigenvalue weighted by Crippen LogP contribution is 2.44. The minimum absolute atomic E-state index is 0.214. The molecule has 0 fully saturated rings. The van der Waals surface area contributed by atoms with Gasteiger partial charge in [0.05, 0.1) is 6.04 Å². The number of fused-ring (bicyclic) bond motifs is 3. The maximum absolute atomic E-state index is 12.6. The van der Waals surface area contributed by atoms with Gasteiger partial charge in [-0.3, -0.25) is 4.79 Å². The third kappa shape index (κ3) is 1.92. The van der Waals surface area contributed by atoms with E-state index in [0.29, 0.717) is 0 Å². The van der Waals surface area contributed by atoms with E-state index in [9.17, 15) is 14.7 Å². The van der Waals surface area contributed by atoms with Crippen LogP contribution in [0.4, 0.5) is 0 Å². The summed E-state index contributed by atoms with van der Waals surface area (Å²) in [6, 6.07) is 18.5. The van der Waals surface area contributed by atoms with Gasteiger partial charge in [0.2, 0.25) is 0 Å². The fourth-order valence-electron chi connectivity index (χ4n) is 3.30. The number of carboxylic acids is 1. The van der Waals surface area contributed by atoms with E-state index >= 15 is 0 Å². The number of nitrogens with zero attached hydrogens (tertiary/aromatic N) is 1. The van der Waals surface area contributed by atoms with Crippen LogP contribution in [0.5, 0.6) is 0 Å². The molecular weight excluding hydrogens is 290 g/mol. The van der Waals surface area contributed by atoms with Gasteiger partial charge < -0.3 is 9.67 Å². The third-order valence-electron chi connectivity index (χ3n) is 4.28. The molecule has 3 aromatic rings. The van der Waals surface area contributed by atoms with Gasteiger partial charge in [0, 0.05) is 6.20 Å². The Morgan fingerprint density at radius 3 is 2.00 bits per heavy atom. The number of carbonyl (C=O) groups is 1. The summed E-state index contributed by atoms with van der Waals surface area (Å²) in [6.07, 6.45) is 1.65. The number of aromatic carboxylic acids is 1. The monoisotopic (exact) mass is 303 g/mol. The maximum Gasteiger partial charge on any atom is 0.341 e. The molecule has 0 saturated carbocycles. The van der Waals surface area contributed by atoms with Gasteiger partial charge in [0.15, 0.2) is 0 Å². The second kappa shape index (κ2) is 4.95. The van der Waals surface area contributed by atoms with Crippen LogP contribution in [0.25, 0.3) is 11.1 Å². The van der Waals surface area contributed by atoms with E-state index in [2.05, 4.69) is 0 Å². The summed E-state index contributed by atoms with van der Waals surface area (Å²) >= 11 is 0. The molecule has 0 amide bonds. The minimum atomic E-state index is -1.20. The topological polar surface area (TPSA) is 59.3 Å². The zero-order valence-electron chi connectivity index (χ0n) is 12.1. The van der Waals surface area contributed by atoms with Crippen LogP contribution < -0.4 is 5.56 Å². The molecule has 4 rings (SSSR count). The molecule has 112 valence electrons. The molecule has 2 aromatic carbocycles.